The van der Waals surface area contributed by atoms with E-state index in [2.05, 4.69) is 0 Å². The van der Waals surface area contributed by atoms with Crippen molar-refractivity contribution in [2.75, 3.05) is 20.8 Å². The van der Waals surface area contributed by atoms with E-state index < -0.39 is 0 Å². The van der Waals surface area contributed by atoms with E-state index >= 15 is 0 Å². The highest BCUT2D eigenvalue weighted by Gasteiger charge is 2.12. The van der Waals surface area contributed by atoms with Crippen LogP contribution < -0.4 is 4.74 Å². The monoisotopic (exact) mass is 238 g/mol. The molecule has 0 amide bonds. The number of benzene rings is 1. The van der Waals surface area contributed by atoms with Gasteiger partial charge in [0.1, 0.15) is 11.3 Å². The number of para-hydroxylation sites is 1. The van der Waals surface area contributed by atoms with Crippen LogP contribution >= 0.6 is 0 Å². The van der Waals surface area contributed by atoms with E-state index in [1.54, 1.807) is 25.3 Å². The van der Waals surface area contributed by atoms with E-state index in [1.165, 1.54) is 7.11 Å². The number of esters is 1. The normalized spacial score (nSPS) is 11.9. The summed E-state index contributed by atoms with van der Waals surface area (Å²) in [5.41, 5.74) is 0.445. The predicted octanol–water partition coefficient (Wildman–Crippen LogP) is 2.28. The Balaban J connectivity index is 2.52. The van der Waals surface area contributed by atoms with Crippen molar-refractivity contribution in [3.05, 3.63) is 29.8 Å². The number of methoxy groups -OCH3 is 2. The third-order valence-corrected chi connectivity index (χ3v) is 2.49. The second kappa shape index (κ2) is 6.91. The van der Waals surface area contributed by atoms with E-state index in [0.29, 0.717) is 24.3 Å². The molecule has 0 aliphatic heterocycles. The first kappa shape index (κ1) is 13.5. The molecule has 17 heavy (non-hydrogen) atoms. The minimum absolute atomic E-state index is 0.0838. The molecule has 0 spiro atoms. The first-order valence-corrected chi connectivity index (χ1v) is 5.52. The van der Waals surface area contributed by atoms with Gasteiger partial charge in [0.05, 0.1) is 19.8 Å². The van der Waals surface area contributed by atoms with Gasteiger partial charge in [-0.25, -0.2) is 4.79 Å². The second-order valence-electron chi connectivity index (χ2n) is 3.67. The molecule has 0 bridgehead atoms. The van der Waals surface area contributed by atoms with E-state index in [4.69, 9.17) is 14.2 Å². The fourth-order valence-corrected chi connectivity index (χ4v) is 1.33. The van der Waals surface area contributed by atoms with Gasteiger partial charge in [0.2, 0.25) is 0 Å². The molecule has 0 fully saturated rings. The smallest absolute Gasteiger partial charge is 0.341 e. The lowest BCUT2D eigenvalue weighted by molar-refractivity contribution is 0.0388. The highest BCUT2D eigenvalue weighted by Crippen LogP contribution is 2.18. The minimum Gasteiger partial charge on any atom is -0.496 e. The highest BCUT2D eigenvalue weighted by molar-refractivity contribution is 5.92. The Labute approximate surface area is 101 Å². The third-order valence-electron chi connectivity index (χ3n) is 2.49. The second-order valence-corrected chi connectivity index (χ2v) is 3.67. The van der Waals surface area contributed by atoms with E-state index in [9.17, 15) is 4.79 Å². The van der Waals surface area contributed by atoms with Crippen LogP contribution in [-0.4, -0.2) is 32.9 Å². The number of rotatable bonds is 6. The Morgan fingerprint density at radius 2 is 2.00 bits per heavy atom. The maximum atomic E-state index is 11.8. The summed E-state index contributed by atoms with van der Waals surface area (Å²) in [5.74, 6) is 0.156. The van der Waals surface area contributed by atoms with Crippen LogP contribution in [0.3, 0.4) is 0 Å². The Morgan fingerprint density at radius 3 is 2.65 bits per heavy atom. The third kappa shape index (κ3) is 4.07. The van der Waals surface area contributed by atoms with Crippen molar-refractivity contribution in [3.8, 4) is 5.75 Å². The van der Waals surface area contributed by atoms with Gasteiger partial charge in [0.15, 0.2) is 0 Å². The van der Waals surface area contributed by atoms with Crippen molar-refractivity contribution in [1.82, 2.24) is 0 Å². The van der Waals surface area contributed by atoms with E-state index in [0.717, 1.165) is 0 Å². The molecular weight excluding hydrogens is 220 g/mol. The Morgan fingerprint density at radius 1 is 1.29 bits per heavy atom. The highest BCUT2D eigenvalue weighted by atomic mass is 16.5. The molecule has 1 aromatic rings. The quantitative estimate of drug-likeness (QED) is 0.713. The molecule has 0 aliphatic rings. The van der Waals surface area contributed by atoms with Crippen LogP contribution in [0.2, 0.25) is 0 Å². The average Bonchev–Trinajstić information content (AvgIpc) is 2.38. The zero-order valence-electron chi connectivity index (χ0n) is 10.4. The van der Waals surface area contributed by atoms with Gasteiger partial charge >= 0.3 is 5.97 Å². The number of ether oxygens (including phenoxy) is 3. The Kier molecular flexibility index (Phi) is 5.49. The van der Waals surface area contributed by atoms with E-state index in [-0.39, 0.29) is 12.1 Å². The molecule has 0 saturated heterocycles. The van der Waals surface area contributed by atoms with Crippen molar-refractivity contribution in [1.29, 1.82) is 0 Å². The standard InChI is InChI=1S/C13H18O4/c1-10(15-2)8-9-17-13(14)11-6-4-5-7-12(11)16-3/h4-7,10H,8-9H2,1-3H3/t10-/m1/s1. The molecule has 0 aliphatic carbocycles. The molecule has 0 radical (unpaired) electrons. The van der Waals surface area contributed by atoms with E-state index in [1.807, 2.05) is 13.0 Å². The number of carbonyl (C=O) groups is 1. The summed E-state index contributed by atoms with van der Waals surface area (Å²) < 4.78 is 15.3. The van der Waals surface area contributed by atoms with Crippen LogP contribution in [-0.2, 0) is 9.47 Å². The molecule has 4 nitrogen and oxygen atoms in total. The van der Waals surface area contributed by atoms with Gasteiger partial charge < -0.3 is 14.2 Å². The summed E-state index contributed by atoms with van der Waals surface area (Å²) in [4.78, 5) is 11.8. The largest absolute Gasteiger partial charge is 0.496 e. The van der Waals surface area contributed by atoms with Gasteiger partial charge in [-0.2, -0.15) is 0 Å². The molecule has 0 aromatic heterocycles. The van der Waals surface area contributed by atoms with Crippen LogP contribution in [0.1, 0.15) is 23.7 Å². The number of hydrogen-bond donors (Lipinski definition) is 0. The molecule has 1 atom stereocenters. The Hall–Kier alpha value is -1.55. The fourth-order valence-electron chi connectivity index (χ4n) is 1.33. The van der Waals surface area contributed by atoms with Crippen LogP contribution in [0.25, 0.3) is 0 Å². The van der Waals surface area contributed by atoms with Crippen molar-refractivity contribution in [3.63, 3.8) is 0 Å². The first-order valence-electron chi connectivity index (χ1n) is 5.52. The summed E-state index contributed by atoms with van der Waals surface area (Å²) in [7, 11) is 3.16. The fraction of sp³-hybridized carbons (Fsp3) is 0.462. The first-order chi connectivity index (χ1) is 8.19. The van der Waals surface area contributed by atoms with Gasteiger partial charge in [-0.3, -0.25) is 0 Å². The number of carbonyl (C=O) groups excluding carboxylic acids is 1. The maximum Gasteiger partial charge on any atom is 0.341 e. The number of hydrogen-bond acceptors (Lipinski definition) is 4. The van der Waals surface area contributed by atoms with Crippen LogP contribution in [0.15, 0.2) is 24.3 Å². The lowest BCUT2D eigenvalue weighted by Crippen LogP contribution is -2.13. The van der Waals surface area contributed by atoms with Gasteiger partial charge in [0, 0.05) is 13.5 Å². The lowest BCUT2D eigenvalue weighted by atomic mass is 10.2. The minimum atomic E-state index is -0.370. The predicted molar refractivity (Wildman–Crippen MR) is 64.4 cm³/mol. The van der Waals surface area contributed by atoms with Gasteiger partial charge in [-0.05, 0) is 19.1 Å². The summed E-state index contributed by atoms with van der Waals surface area (Å²) >= 11 is 0. The van der Waals surface area contributed by atoms with Gasteiger partial charge in [-0.15, -0.1) is 0 Å². The molecule has 0 N–H and O–H groups in total. The maximum absolute atomic E-state index is 11.8. The lowest BCUT2D eigenvalue weighted by Gasteiger charge is -2.11. The van der Waals surface area contributed by atoms with Crippen molar-refractivity contribution in [2.24, 2.45) is 0 Å². The summed E-state index contributed by atoms with van der Waals surface area (Å²) in [6.45, 7) is 2.27. The van der Waals surface area contributed by atoms with Crippen LogP contribution in [0.5, 0.6) is 5.75 Å². The van der Waals surface area contributed by atoms with Crippen LogP contribution in [0, 0.1) is 0 Å². The molecule has 0 unspecified atom stereocenters. The molecule has 94 valence electrons. The summed E-state index contributed by atoms with van der Waals surface area (Å²) in [6, 6.07) is 6.99. The van der Waals surface area contributed by atoms with Gasteiger partial charge in [0.25, 0.3) is 0 Å². The Bertz CT molecular complexity index is 362. The summed E-state index contributed by atoms with van der Waals surface area (Å²) in [5, 5.41) is 0. The molecule has 1 aromatic carbocycles. The van der Waals surface area contributed by atoms with Crippen LogP contribution in [0.4, 0.5) is 0 Å². The van der Waals surface area contributed by atoms with Gasteiger partial charge in [-0.1, -0.05) is 12.1 Å². The molecule has 1 rings (SSSR count). The summed E-state index contributed by atoms with van der Waals surface area (Å²) in [6.07, 6.45) is 0.762. The zero-order valence-corrected chi connectivity index (χ0v) is 10.4. The molecule has 4 heteroatoms. The molecule has 0 saturated carbocycles. The SMILES string of the molecule is COc1ccccc1C(=O)OCC[C@@H](C)OC. The topological polar surface area (TPSA) is 44.8 Å². The van der Waals surface area contributed by atoms with Crippen molar-refractivity contribution < 1.29 is 19.0 Å². The van der Waals surface area contributed by atoms with Crippen molar-refractivity contribution >= 4 is 5.97 Å². The molecule has 0 heterocycles. The zero-order chi connectivity index (χ0) is 12.7. The van der Waals surface area contributed by atoms with Crippen molar-refractivity contribution in [2.45, 2.75) is 19.4 Å². The average molecular weight is 238 g/mol. The molecular formula is C13H18O4.